The van der Waals surface area contributed by atoms with E-state index in [1.165, 1.54) is 4.90 Å². The van der Waals surface area contributed by atoms with Gasteiger partial charge in [-0.2, -0.15) is 12.6 Å². The standard InChI is InChI=1S/C10H17NO3S/c1-3-6(2)9(10(13)14)11-5-7(15)4-8(11)12/h6-7,9,15H,3-5H2,1-2H3,(H,13,14)/t6-,7?,9-/m0/s1. The average Bonchev–Trinajstić information content (AvgIpc) is 2.45. The fourth-order valence-electron chi connectivity index (χ4n) is 1.89. The number of aliphatic carboxylic acids is 1. The molecule has 1 aliphatic heterocycles. The normalized spacial score (nSPS) is 25.4. The van der Waals surface area contributed by atoms with Crippen LogP contribution in [0.2, 0.25) is 0 Å². The summed E-state index contributed by atoms with van der Waals surface area (Å²) >= 11 is 4.22. The van der Waals surface area contributed by atoms with Crippen LogP contribution in [0, 0.1) is 5.92 Å². The molecule has 4 nitrogen and oxygen atoms in total. The van der Waals surface area contributed by atoms with Gasteiger partial charge in [0.2, 0.25) is 5.91 Å². The Morgan fingerprint density at radius 1 is 1.73 bits per heavy atom. The smallest absolute Gasteiger partial charge is 0.326 e. The van der Waals surface area contributed by atoms with Crippen molar-refractivity contribution in [3.63, 3.8) is 0 Å². The van der Waals surface area contributed by atoms with Gasteiger partial charge < -0.3 is 10.0 Å². The van der Waals surface area contributed by atoms with Gasteiger partial charge in [-0.3, -0.25) is 4.79 Å². The van der Waals surface area contributed by atoms with Crippen LogP contribution >= 0.6 is 12.6 Å². The summed E-state index contributed by atoms with van der Waals surface area (Å²) in [5, 5.41) is 9.10. The Hall–Kier alpha value is -0.710. The molecule has 15 heavy (non-hydrogen) atoms. The van der Waals surface area contributed by atoms with Crippen molar-refractivity contribution in [3.8, 4) is 0 Å². The maximum Gasteiger partial charge on any atom is 0.326 e. The van der Waals surface area contributed by atoms with Crippen LogP contribution in [0.4, 0.5) is 0 Å². The third-order valence-electron chi connectivity index (χ3n) is 2.91. The first-order valence-corrected chi connectivity index (χ1v) is 5.69. The third kappa shape index (κ3) is 2.65. The molecule has 0 aliphatic carbocycles. The molecule has 1 rings (SSSR count). The number of hydrogen-bond donors (Lipinski definition) is 2. The average molecular weight is 231 g/mol. The fraction of sp³-hybridized carbons (Fsp3) is 0.800. The van der Waals surface area contributed by atoms with E-state index in [4.69, 9.17) is 5.11 Å². The topological polar surface area (TPSA) is 57.6 Å². The number of rotatable bonds is 4. The summed E-state index contributed by atoms with van der Waals surface area (Å²) in [5.74, 6) is -1.03. The highest BCUT2D eigenvalue weighted by atomic mass is 32.1. The first-order chi connectivity index (χ1) is 6.97. The van der Waals surface area contributed by atoms with Crippen molar-refractivity contribution in [2.75, 3.05) is 6.54 Å². The van der Waals surface area contributed by atoms with Crippen LogP contribution in [-0.2, 0) is 9.59 Å². The number of nitrogens with zero attached hydrogens (tertiary/aromatic N) is 1. The highest BCUT2D eigenvalue weighted by molar-refractivity contribution is 7.81. The Bertz CT molecular complexity index is 269. The van der Waals surface area contributed by atoms with Crippen molar-refractivity contribution in [3.05, 3.63) is 0 Å². The molecule has 0 spiro atoms. The van der Waals surface area contributed by atoms with Gasteiger partial charge in [-0.25, -0.2) is 4.79 Å². The molecule has 0 bridgehead atoms. The van der Waals surface area contributed by atoms with E-state index < -0.39 is 12.0 Å². The maximum absolute atomic E-state index is 11.6. The van der Waals surface area contributed by atoms with Crippen LogP contribution in [0.25, 0.3) is 0 Å². The predicted octanol–water partition coefficient (Wildman–Crippen LogP) is 1.02. The largest absolute Gasteiger partial charge is 0.480 e. The molecule has 1 unspecified atom stereocenters. The van der Waals surface area contributed by atoms with Crippen LogP contribution in [0.3, 0.4) is 0 Å². The van der Waals surface area contributed by atoms with Crippen LogP contribution < -0.4 is 0 Å². The first kappa shape index (κ1) is 12.4. The zero-order valence-electron chi connectivity index (χ0n) is 9.01. The lowest BCUT2D eigenvalue weighted by molar-refractivity contribution is -0.150. The first-order valence-electron chi connectivity index (χ1n) is 5.17. The fourth-order valence-corrected chi connectivity index (χ4v) is 2.22. The van der Waals surface area contributed by atoms with Crippen LogP contribution in [-0.4, -0.2) is 39.7 Å². The minimum Gasteiger partial charge on any atom is -0.480 e. The monoisotopic (exact) mass is 231 g/mol. The number of hydrogen-bond acceptors (Lipinski definition) is 3. The SMILES string of the molecule is CC[C@H](C)[C@@H](C(=O)O)N1CC(S)CC1=O. The summed E-state index contributed by atoms with van der Waals surface area (Å²) in [5.41, 5.74) is 0. The number of likely N-dealkylation sites (tertiary alicyclic amines) is 1. The van der Waals surface area contributed by atoms with E-state index in [9.17, 15) is 9.59 Å². The van der Waals surface area contributed by atoms with Gasteiger partial charge in [-0.15, -0.1) is 0 Å². The number of carboxylic acid groups (broad SMARTS) is 1. The zero-order valence-corrected chi connectivity index (χ0v) is 9.91. The second-order valence-corrected chi connectivity index (χ2v) is 4.80. The third-order valence-corrected chi connectivity index (χ3v) is 3.26. The second kappa shape index (κ2) is 4.88. The van der Waals surface area contributed by atoms with Gasteiger partial charge in [0.05, 0.1) is 0 Å². The Labute approximate surface area is 95.1 Å². The van der Waals surface area contributed by atoms with Crippen LogP contribution in [0.5, 0.6) is 0 Å². The number of carbonyl (C=O) groups is 2. The highest BCUT2D eigenvalue weighted by Gasteiger charge is 2.38. The molecule has 1 amide bonds. The molecule has 1 heterocycles. The van der Waals surface area contributed by atoms with Crippen molar-refractivity contribution in [2.45, 2.75) is 38.0 Å². The molecule has 1 N–H and O–H groups in total. The van der Waals surface area contributed by atoms with Gasteiger partial charge in [-0.1, -0.05) is 20.3 Å². The molecule has 1 aliphatic rings. The Morgan fingerprint density at radius 3 is 2.67 bits per heavy atom. The van der Waals surface area contributed by atoms with Crippen LogP contribution in [0.1, 0.15) is 26.7 Å². The summed E-state index contributed by atoms with van der Waals surface area (Å²) in [6.45, 7) is 4.24. The number of carboxylic acids is 1. The lowest BCUT2D eigenvalue weighted by Crippen LogP contribution is -2.46. The van der Waals surface area contributed by atoms with Gasteiger partial charge in [0, 0.05) is 18.2 Å². The van der Waals surface area contributed by atoms with Gasteiger partial charge in [0.15, 0.2) is 0 Å². The van der Waals surface area contributed by atoms with Gasteiger partial charge in [0.1, 0.15) is 6.04 Å². The van der Waals surface area contributed by atoms with E-state index in [1.807, 2.05) is 13.8 Å². The lowest BCUT2D eigenvalue weighted by atomic mass is 9.98. The highest BCUT2D eigenvalue weighted by Crippen LogP contribution is 2.23. The van der Waals surface area contributed by atoms with Crippen molar-refractivity contribution >= 4 is 24.5 Å². The van der Waals surface area contributed by atoms with Gasteiger partial charge in [0.25, 0.3) is 0 Å². The van der Waals surface area contributed by atoms with E-state index in [1.54, 1.807) is 0 Å². The zero-order chi connectivity index (χ0) is 11.6. The van der Waals surface area contributed by atoms with Crippen molar-refractivity contribution < 1.29 is 14.7 Å². The van der Waals surface area contributed by atoms with Crippen molar-refractivity contribution in [2.24, 2.45) is 5.92 Å². The minimum atomic E-state index is -0.917. The quantitative estimate of drug-likeness (QED) is 0.710. The Morgan fingerprint density at radius 2 is 2.33 bits per heavy atom. The van der Waals surface area contributed by atoms with E-state index in [2.05, 4.69) is 12.6 Å². The van der Waals surface area contributed by atoms with E-state index >= 15 is 0 Å². The number of carbonyl (C=O) groups excluding carboxylic acids is 1. The lowest BCUT2D eigenvalue weighted by Gasteiger charge is -2.28. The maximum atomic E-state index is 11.6. The van der Waals surface area contributed by atoms with E-state index in [-0.39, 0.29) is 17.1 Å². The summed E-state index contributed by atoms with van der Waals surface area (Å²) < 4.78 is 0. The molecule has 1 fully saturated rings. The summed E-state index contributed by atoms with van der Waals surface area (Å²) in [6, 6.07) is -0.695. The predicted molar refractivity (Wildman–Crippen MR) is 60.0 cm³/mol. The molecule has 0 saturated carbocycles. The molecule has 1 saturated heterocycles. The summed E-state index contributed by atoms with van der Waals surface area (Å²) in [4.78, 5) is 24.1. The van der Waals surface area contributed by atoms with Crippen molar-refractivity contribution in [1.82, 2.24) is 4.90 Å². The van der Waals surface area contributed by atoms with Crippen LogP contribution in [0.15, 0.2) is 0 Å². The molecule has 5 heteroatoms. The number of thiol groups is 1. The summed E-state index contributed by atoms with van der Waals surface area (Å²) in [7, 11) is 0. The molecule has 0 aromatic rings. The Kier molecular flexibility index (Phi) is 4.02. The van der Waals surface area contributed by atoms with Crippen molar-refractivity contribution in [1.29, 1.82) is 0 Å². The molecule has 0 aromatic heterocycles. The molecular formula is C10H17NO3S. The number of amides is 1. The molecule has 86 valence electrons. The molecule has 0 aromatic carbocycles. The molecule has 3 atom stereocenters. The molecular weight excluding hydrogens is 214 g/mol. The summed E-state index contributed by atoms with van der Waals surface area (Å²) in [6.07, 6.45) is 1.10. The van der Waals surface area contributed by atoms with Gasteiger partial charge in [-0.05, 0) is 5.92 Å². The minimum absolute atomic E-state index is 0.0231. The second-order valence-electron chi connectivity index (χ2n) is 4.07. The van der Waals surface area contributed by atoms with Gasteiger partial charge >= 0.3 is 5.97 Å². The van der Waals surface area contributed by atoms with E-state index in [0.29, 0.717) is 13.0 Å². The Balaban J connectivity index is 2.81. The molecule has 0 radical (unpaired) electrons. The van der Waals surface area contributed by atoms with E-state index in [0.717, 1.165) is 6.42 Å².